The second kappa shape index (κ2) is 7.23. The van der Waals surface area contributed by atoms with Crippen molar-refractivity contribution in [2.75, 3.05) is 12.4 Å². The number of methoxy groups -OCH3 is 1. The highest BCUT2D eigenvalue weighted by Gasteiger charge is 2.10. The van der Waals surface area contributed by atoms with Crippen LogP contribution in [-0.4, -0.2) is 26.9 Å². The molecule has 0 aliphatic heterocycles. The van der Waals surface area contributed by atoms with Crippen molar-refractivity contribution in [1.82, 2.24) is 19.8 Å². The summed E-state index contributed by atoms with van der Waals surface area (Å²) in [7, 11) is 1.64. The van der Waals surface area contributed by atoms with E-state index in [1.54, 1.807) is 7.11 Å². The van der Waals surface area contributed by atoms with Gasteiger partial charge in [0.15, 0.2) is 4.34 Å². The van der Waals surface area contributed by atoms with Crippen molar-refractivity contribution in [3.05, 3.63) is 34.3 Å². The molecule has 0 fully saturated rings. The minimum atomic E-state index is 0.617. The summed E-state index contributed by atoms with van der Waals surface area (Å²) in [4.78, 5) is 0. The van der Waals surface area contributed by atoms with Crippen molar-refractivity contribution in [1.29, 1.82) is 0 Å². The summed E-state index contributed by atoms with van der Waals surface area (Å²) in [6, 6.07) is 7.64. The first-order valence-electron chi connectivity index (χ1n) is 6.08. The van der Waals surface area contributed by atoms with Gasteiger partial charge in [-0.2, -0.15) is 0 Å². The Hall–Kier alpha value is -1.42. The van der Waals surface area contributed by atoms with Gasteiger partial charge < -0.3 is 10.1 Å². The van der Waals surface area contributed by atoms with Gasteiger partial charge >= 0.3 is 0 Å². The standard InChI is InChI=1S/C12H10ClN5OS3/c1-19-8-4-2-3-7(5-8)14-11-16-17-12(21-11)20-6-9-10(13)22-18-15-9/h2-5H,6H2,1H3,(H,14,16). The Morgan fingerprint density at radius 2 is 2.23 bits per heavy atom. The zero-order valence-corrected chi connectivity index (χ0v) is 14.5. The molecule has 6 nitrogen and oxygen atoms in total. The van der Waals surface area contributed by atoms with Crippen LogP contribution in [0.3, 0.4) is 0 Å². The zero-order valence-electron chi connectivity index (χ0n) is 11.3. The Bertz CT molecular complexity index is 763. The summed E-state index contributed by atoms with van der Waals surface area (Å²) in [5.74, 6) is 1.41. The lowest BCUT2D eigenvalue weighted by Gasteiger charge is -2.04. The van der Waals surface area contributed by atoms with Crippen LogP contribution in [-0.2, 0) is 5.75 Å². The van der Waals surface area contributed by atoms with Gasteiger partial charge in [0.05, 0.1) is 7.11 Å². The van der Waals surface area contributed by atoms with Gasteiger partial charge in [0.2, 0.25) is 5.13 Å². The topological polar surface area (TPSA) is 72.8 Å². The average Bonchev–Trinajstić information content (AvgIpc) is 3.14. The number of nitrogens with one attached hydrogen (secondary N) is 1. The first kappa shape index (κ1) is 15.5. The number of hydrogen-bond acceptors (Lipinski definition) is 9. The molecule has 0 saturated heterocycles. The number of thioether (sulfide) groups is 1. The molecule has 1 aromatic carbocycles. The molecule has 0 spiro atoms. The van der Waals surface area contributed by atoms with Crippen LogP contribution in [0.1, 0.15) is 5.69 Å². The third-order valence-corrected chi connectivity index (χ3v) is 5.54. The molecular formula is C12H10ClN5OS3. The third-order valence-electron chi connectivity index (χ3n) is 2.57. The highest BCUT2D eigenvalue weighted by Crippen LogP contribution is 2.32. The van der Waals surface area contributed by atoms with E-state index in [9.17, 15) is 0 Å². The number of rotatable bonds is 6. The van der Waals surface area contributed by atoms with Crippen LogP contribution in [0, 0.1) is 0 Å². The molecule has 2 aromatic heterocycles. The summed E-state index contributed by atoms with van der Waals surface area (Å²) in [6.07, 6.45) is 0. The van der Waals surface area contributed by atoms with E-state index in [1.165, 1.54) is 34.6 Å². The van der Waals surface area contributed by atoms with E-state index < -0.39 is 0 Å². The van der Waals surface area contributed by atoms with Crippen LogP contribution in [0.15, 0.2) is 28.6 Å². The van der Waals surface area contributed by atoms with Crippen LogP contribution in [0.4, 0.5) is 10.8 Å². The highest BCUT2D eigenvalue weighted by atomic mass is 35.5. The lowest BCUT2D eigenvalue weighted by molar-refractivity contribution is 0.415. The van der Waals surface area contributed by atoms with Crippen LogP contribution >= 0.6 is 46.2 Å². The molecule has 22 heavy (non-hydrogen) atoms. The van der Waals surface area contributed by atoms with Crippen molar-refractivity contribution in [2.24, 2.45) is 0 Å². The monoisotopic (exact) mass is 371 g/mol. The van der Waals surface area contributed by atoms with Gasteiger partial charge in [0.25, 0.3) is 0 Å². The maximum Gasteiger partial charge on any atom is 0.210 e. The molecule has 0 amide bonds. The van der Waals surface area contributed by atoms with Gasteiger partial charge in [-0.3, -0.25) is 0 Å². The Morgan fingerprint density at radius 1 is 1.32 bits per heavy atom. The van der Waals surface area contributed by atoms with E-state index in [4.69, 9.17) is 16.3 Å². The van der Waals surface area contributed by atoms with Crippen molar-refractivity contribution in [3.8, 4) is 5.75 Å². The molecule has 0 radical (unpaired) electrons. The van der Waals surface area contributed by atoms with Crippen LogP contribution in [0.5, 0.6) is 5.75 Å². The SMILES string of the molecule is COc1cccc(Nc2nnc(SCc3nnsc3Cl)s2)c1. The molecule has 0 bridgehead atoms. The molecule has 10 heteroatoms. The average molecular weight is 372 g/mol. The number of anilines is 2. The molecule has 0 aliphatic carbocycles. The second-order valence-corrected chi connectivity index (χ2v) is 7.57. The number of aromatic nitrogens is 4. The fourth-order valence-electron chi connectivity index (χ4n) is 1.56. The largest absolute Gasteiger partial charge is 0.497 e. The van der Waals surface area contributed by atoms with E-state index in [0.717, 1.165) is 26.6 Å². The molecule has 0 saturated carbocycles. The lowest BCUT2D eigenvalue weighted by atomic mass is 10.3. The van der Waals surface area contributed by atoms with Gasteiger partial charge in [0.1, 0.15) is 15.8 Å². The number of halogens is 1. The van der Waals surface area contributed by atoms with Crippen LogP contribution in [0.2, 0.25) is 4.34 Å². The Labute approximate surface area is 144 Å². The molecular weight excluding hydrogens is 362 g/mol. The van der Waals surface area contributed by atoms with Gasteiger partial charge in [-0.05, 0) is 12.1 Å². The summed E-state index contributed by atoms with van der Waals surface area (Å²) < 4.78 is 10.4. The fourth-order valence-corrected chi connectivity index (χ4v) is 4.06. The lowest BCUT2D eigenvalue weighted by Crippen LogP contribution is -1.90. The Kier molecular flexibility index (Phi) is 5.08. The second-order valence-electron chi connectivity index (χ2n) is 4.01. The number of ether oxygens (including phenoxy) is 1. The van der Waals surface area contributed by atoms with Crippen LogP contribution in [0.25, 0.3) is 0 Å². The normalized spacial score (nSPS) is 10.6. The minimum absolute atomic E-state index is 0.617. The Balaban J connectivity index is 1.62. The predicted molar refractivity (Wildman–Crippen MR) is 90.7 cm³/mol. The van der Waals surface area contributed by atoms with E-state index in [2.05, 4.69) is 25.1 Å². The number of hydrogen-bond donors (Lipinski definition) is 1. The van der Waals surface area contributed by atoms with Crippen LogP contribution < -0.4 is 10.1 Å². The minimum Gasteiger partial charge on any atom is -0.497 e. The van der Waals surface area contributed by atoms with Gasteiger partial charge in [-0.1, -0.05) is 45.3 Å². The molecule has 3 rings (SSSR count). The highest BCUT2D eigenvalue weighted by molar-refractivity contribution is 8.00. The molecule has 0 atom stereocenters. The van der Waals surface area contributed by atoms with Gasteiger partial charge in [0, 0.05) is 29.0 Å². The van der Waals surface area contributed by atoms with Crippen molar-refractivity contribution < 1.29 is 4.74 Å². The van der Waals surface area contributed by atoms with E-state index in [-0.39, 0.29) is 0 Å². The first-order valence-corrected chi connectivity index (χ1v) is 9.04. The van der Waals surface area contributed by atoms with Crippen molar-refractivity contribution in [3.63, 3.8) is 0 Å². The summed E-state index contributed by atoms with van der Waals surface area (Å²) in [6.45, 7) is 0. The third kappa shape index (κ3) is 3.86. The fraction of sp³-hybridized carbons (Fsp3) is 0.167. The van der Waals surface area contributed by atoms with E-state index in [0.29, 0.717) is 10.1 Å². The maximum absolute atomic E-state index is 5.97. The summed E-state index contributed by atoms with van der Waals surface area (Å²) >= 11 is 10.2. The van der Waals surface area contributed by atoms with Crippen molar-refractivity contribution >= 4 is 57.1 Å². The smallest absolute Gasteiger partial charge is 0.210 e. The first-order chi connectivity index (χ1) is 10.7. The van der Waals surface area contributed by atoms with Crippen molar-refractivity contribution in [2.45, 2.75) is 10.1 Å². The molecule has 0 unspecified atom stereocenters. The predicted octanol–water partition coefficient (Wildman–Crippen LogP) is 4.09. The van der Waals surface area contributed by atoms with E-state index in [1.807, 2.05) is 24.3 Å². The number of benzene rings is 1. The molecule has 114 valence electrons. The van der Waals surface area contributed by atoms with E-state index >= 15 is 0 Å². The van der Waals surface area contributed by atoms with Gasteiger partial charge in [-0.25, -0.2) is 0 Å². The zero-order chi connectivity index (χ0) is 15.4. The molecule has 0 aliphatic rings. The molecule has 2 heterocycles. The maximum atomic E-state index is 5.97. The van der Waals surface area contributed by atoms with Gasteiger partial charge in [-0.15, -0.1) is 15.3 Å². The quantitative estimate of drug-likeness (QED) is 0.654. The Morgan fingerprint density at radius 3 is 3.00 bits per heavy atom. The molecule has 3 aromatic rings. The summed E-state index contributed by atoms with van der Waals surface area (Å²) in [5, 5.41) is 16.1. The number of nitrogens with zero attached hydrogens (tertiary/aromatic N) is 4. The molecule has 1 N–H and O–H groups in total. The summed E-state index contributed by atoms with van der Waals surface area (Å²) in [5.41, 5.74) is 1.67.